The molecule has 1 aliphatic rings. The SMILES string of the molecule is O=C(Cl)C1CCOC1C(=O)Cl. The predicted molar refractivity (Wildman–Crippen MR) is 39.6 cm³/mol. The second-order valence-electron chi connectivity index (χ2n) is 2.29. The Hall–Kier alpha value is -0.120. The van der Waals surface area contributed by atoms with E-state index in [1.54, 1.807) is 0 Å². The van der Waals surface area contributed by atoms with Gasteiger partial charge < -0.3 is 4.74 Å². The van der Waals surface area contributed by atoms with Gasteiger partial charge >= 0.3 is 0 Å². The van der Waals surface area contributed by atoms with Crippen LogP contribution in [0.5, 0.6) is 0 Å². The zero-order chi connectivity index (χ0) is 8.43. The third-order valence-electron chi connectivity index (χ3n) is 1.61. The molecule has 5 heteroatoms. The van der Waals surface area contributed by atoms with E-state index >= 15 is 0 Å². The summed E-state index contributed by atoms with van der Waals surface area (Å²) in [5, 5.41) is -1.21. The monoisotopic (exact) mass is 196 g/mol. The normalized spacial score (nSPS) is 30.4. The summed E-state index contributed by atoms with van der Waals surface area (Å²) in [6.45, 7) is 0.367. The van der Waals surface area contributed by atoms with E-state index in [2.05, 4.69) is 0 Å². The number of carbonyl (C=O) groups is 2. The van der Waals surface area contributed by atoms with Crippen molar-refractivity contribution in [3.8, 4) is 0 Å². The summed E-state index contributed by atoms with van der Waals surface area (Å²) < 4.78 is 4.90. The average Bonchev–Trinajstić information content (AvgIpc) is 2.32. The van der Waals surface area contributed by atoms with Crippen LogP contribution in [0.3, 0.4) is 0 Å². The number of carbonyl (C=O) groups excluding carboxylic acids is 2. The van der Waals surface area contributed by atoms with E-state index in [0.29, 0.717) is 13.0 Å². The van der Waals surface area contributed by atoms with Crippen molar-refractivity contribution in [1.82, 2.24) is 0 Å². The van der Waals surface area contributed by atoms with Gasteiger partial charge in [-0.2, -0.15) is 0 Å². The number of ether oxygens (including phenoxy) is 1. The quantitative estimate of drug-likeness (QED) is 0.618. The first-order valence-corrected chi connectivity index (χ1v) is 3.89. The van der Waals surface area contributed by atoms with Crippen LogP contribution in [-0.4, -0.2) is 23.2 Å². The van der Waals surface area contributed by atoms with Gasteiger partial charge in [0, 0.05) is 6.61 Å². The van der Waals surface area contributed by atoms with Crippen molar-refractivity contribution >= 4 is 33.7 Å². The van der Waals surface area contributed by atoms with Gasteiger partial charge in [-0.05, 0) is 29.6 Å². The smallest absolute Gasteiger partial charge is 0.251 e. The molecule has 0 aliphatic carbocycles. The van der Waals surface area contributed by atoms with Gasteiger partial charge in [0.05, 0.1) is 5.92 Å². The van der Waals surface area contributed by atoms with Crippen LogP contribution in [0, 0.1) is 5.92 Å². The lowest BCUT2D eigenvalue weighted by Gasteiger charge is -2.08. The standard InChI is InChI=1S/C6H6Cl2O3/c7-5(9)3-1-2-11-4(3)6(8)10/h3-4H,1-2H2. The van der Waals surface area contributed by atoms with Crippen molar-refractivity contribution in [3.63, 3.8) is 0 Å². The van der Waals surface area contributed by atoms with Crippen molar-refractivity contribution in [1.29, 1.82) is 0 Å². The largest absolute Gasteiger partial charge is 0.368 e. The van der Waals surface area contributed by atoms with Crippen molar-refractivity contribution < 1.29 is 14.3 Å². The summed E-state index contributed by atoms with van der Waals surface area (Å²) in [4.78, 5) is 21.2. The van der Waals surface area contributed by atoms with E-state index in [1.165, 1.54) is 0 Å². The summed E-state index contributed by atoms with van der Waals surface area (Å²) >= 11 is 10.3. The predicted octanol–water partition coefficient (Wildman–Crippen LogP) is 0.922. The molecule has 1 aliphatic heterocycles. The van der Waals surface area contributed by atoms with E-state index in [4.69, 9.17) is 27.9 Å². The average molecular weight is 197 g/mol. The molecule has 2 unspecified atom stereocenters. The van der Waals surface area contributed by atoms with Crippen LogP contribution in [0.4, 0.5) is 0 Å². The van der Waals surface area contributed by atoms with Crippen molar-refractivity contribution in [2.45, 2.75) is 12.5 Å². The van der Waals surface area contributed by atoms with Gasteiger partial charge in [0.1, 0.15) is 6.10 Å². The maximum absolute atomic E-state index is 10.6. The van der Waals surface area contributed by atoms with Crippen molar-refractivity contribution in [2.24, 2.45) is 5.92 Å². The summed E-state index contributed by atoms with van der Waals surface area (Å²) in [6.07, 6.45) is -0.354. The van der Waals surface area contributed by atoms with E-state index in [0.717, 1.165) is 0 Å². The fourth-order valence-electron chi connectivity index (χ4n) is 1.05. The summed E-state index contributed by atoms with van der Waals surface area (Å²) in [6, 6.07) is 0. The first-order chi connectivity index (χ1) is 5.13. The lowest BCUT2D eigenvalue weighted by molar-refractivity contribution is -0.126. The lowest BCUT2D eigenvalue weighted by Crippen LogP contribution is -2.26. The molecule has 0 bridgehead atoms. The molecule has 1 rings (SSSR count). The molecule has 3 nitrogen and oxygen atoms in total. The maximum atomic E-state index is 10.6. The van der Waals surface area contributed by atoms with Gasteiger partial charge in [-0.3, -0.25) is 9.59 Å². The van der Waals surface area contributed by atoms with E-state index in [-0.39, 0.29) is 0 Å². The second kappa shape index (κ2) is 3.52. The molecule has 1 heterocycles. The number of halogens is 2. The number of hydrogen-bond acceptors (Lipinski definition) is 3. The maximum Gasteiger partial charge on any atom is 0.251 e. The van der Waals surface area contributed by atoms with Crippen LogP contribution in [0.15, 0.2) is 0 Å². The zero-order valence-corrected chi connectivity index (χ0v) is 7.06. The Bertz CT molecular complexity index is 172. The van der Waals surface area contributed by atoms with Crippen molar-refractivity contribution in [3.05, 3.63) is 0 Å². The fraction of sp³-hybridized carbons (Fsp3) is 0.667. The molecular formula is C6H6Cl2O3. The molecule has 0 aromatic carbocycles. The first-order valence-electron chi connectivity index (χ1n) is 3.13. The summed E-state index contributed by atoms with van der Waals surface area (Å²) in [5.41, 5.74) is 0. The fourth-order valence-corrected chi connectivity index (χ4v) is 1.48. The molecule has 0 N–H and O–H groups in total. The van der Waals surface area contributed by atoms with Crippen LogP contribution >= 0.6 is 23.2 Å². The highest BCUT2D eigenvalue weighted by molar-refractivity contribution is 6.67. The molecule has 62 valence electrons. The van der Waals surface area contributed by atoms with Crippen LogP contribution in [0.25, 0.3) is 0 Å². The Morgan fingerprint density at radius 3 is 2.27 bits per heavy atom. The molecule has 0 radical (unpaired) electrons. The molecule has 0 saturated carbocycles. The third-order valence-corrected chi connectivity index (χ3v) is 2.10. The Kier molecular flexibility index (Phi) is 2.87. The molecule has 0 amide bonds. The zero-order valence-electron chi connectivity index (χ0n) is 5.55. The minimum atomic E-state index is -0.832. The minimum Gasteiger partial charge on any atom is -0.368 e. The van der Waals surface area contributed by atoms with Gasteiger partial charge in [-0.25, -0.2) is 0 Å². The Balaban J connectivity index is 2.65. The van der Waals surface area contributed by atoms with E-state index in [1.807, 2.05) is 0 Å². The molecule has 1 saturated heterocycles. The van der Waals surface area contributed by atoms with Gasteiger partial charge in [-0.15, -0.1) is 0 Å². The molecular weight excluding hydrogens is 191 g/mol. The highest BCUT2D eigenvalue weighted by Crippen LogP contribution is 2.24. The van der Waals surface area contributed by atoms with Gasteiger partial charge in [-0.1, -0.05) is 0 Å². The Morgan fingerprint density at radius 2 is 1.91 bits per heavy atom. The van der Waals surface area contributed by atoms with Gasteiger partial charge in [0.15, 0.2) is 0 Å². The number of hydrogen-bond donors (Lipinski definition) is 0. The second-order valence-corrected chi connectivity index (χ2v) is 3.04. The molecule has 1 fully saturated rings. The van der Waals surface area contributed by atoms with Crippen LogP contribution in [0.2, 0.25) is 0 Å². The summed E-state index contributed by atoms with van der Waals surface area (Å²) in [7, 11) is 0. The van der Waals surface area contributed by atoms with Gasteiger partial charge in [0.2, 0.25) is 5.24 Å². The van der Waals surface area contributed by atoms with Gasteiger partial charge in [0.25, 0.3) is 5.24 Å². The molecule has 11 heavy (non-hydrogen) atoms. The Labute approximate surface area is 73.6 Å². The molecule has 0 aromatic rings. The van der Waals surface area contributed by atoms with Crippen LogP contribution < -0.4 is 0 Å². The summed E-state index contributed by atoms with van der Waals surface area (Å²) in [5.74, 6) is -0.554. The molecule has 0 aromatic heterocycles. The topological polar surface area (TPSA) is 43.4 Å². The number of rotatable bonds is 2. The first kappa shape index (κ1) is 8.97. The highest BCUT2D eigenvalue weighted by Gasteiger charge is 2.37. The molecule has 2 atom stereocenters. The highest BCUT2D eigenvalue weighted by atomic mass is 35.5. The van der Waals surface area contributed by atoms with Crippen molar-refractivity contribution in [2.75, 3.05) is 6.61 Å². The molecule has 0 spiro atoms. The third kappa shape index (κ3) is 1.92. The Morgan fingerprint density at radius 1 is 1.27 bits per heavy atom. The minimum absolute atomic E-state index is 0.367. The lowest BCUT2D eigenvalue weighted by atomic mass is 10.0. The van der Waals surface area contributed by atoms with E-state index < -0.39 is 22.5 Å². The van der Waals surface area contributed by atoms with Crippen LogP contribution in [0.1, 0.15) is 6.42 Å². The van der Waals surface area contributed by atoms with Crippen LogP contribution in [-0.2, 0) is 14.3 Å². The van der Waals surface area contributed by atoms with E-state index in [9.17, 15) is 9.59 Å².